The van der Waals surface area contributed by atoms with Crippen LogP contribution in [-0.2, 0) is 0 Å². The minimum absolute atomic E-state index is 0.635. The predicted molar refractivity (Wildman–Crippen MR) is 109 cm³/mol. The highest BCUT2D eigenvalue weighted by Gasteiger charge is 2.10. The molecule has 3 aromatic carbocycles. The molecular formula is C22H16N2S. The standard InChI is InChI=1S/C22H16N2S/c1-2-14(11-17(24)13-23)16-8-9-20-19(12-16)22-18-6-4-3-5-15(18)7-10-21(22)25-20/h2-12,17H,1,24H2/b14-11+. The lowest BCUT2D eigenvalue weighted by Crippen LogP contribution is -2.13. The maximum atomic E-state index is 8.97. The number of rotatable bonds is 3. The second kappa shape index (κ2) is 6.18. The van der Waals surface area contributed by atoms with Crippen molar-refractivity contribution in [3.63, 3.8) is 0 Å². The Balaban J connectivity index is 2.03. The van der Waals surface area contributed by atoms with Crippen LogP contribution in [0.25, 0.3) is 36.5 Å². The molecule has 0 aliphatic carbocycles. The van der Waals surface area contributed by atoms with Gasteiger partial charge >= 0.3 is 0 Å². The molecule has 0 aliphatic heterocycles. The molecule has 0 spiro atoms. The van der Waals surface area contributed by atoms with Gasteiger partial charge in [0.25, 0.3) is 0 Å². The molecule has 0 fully saturated rings. The lowest BCUT2D eigenvalue weighted by Gasteiger charge is -2.05. The third-order valence-electron chi connectivity index (χ3n) is 4.42. The zero-order chi connectivity index (χ0) is 17.4. The van der Waals surface area contributed by atoms with E-state index in [1.807, 2.05) is 6.07 Å². The summed E-state index contributed by atoms with van der Waals surface area (Å²) >= 11 is 1.80. The molecule has 2 nitrogen and oxygen atoms in total. The fraction of sp³-hybridized carbons (Fsp3) is 0.0455. The number of nitrogens with two attached hydrogens (primary N) is 1. The van der Waals surface area contributed by atoms with Gasteiger partial charge in [0, 0.05) is 20.2 Å². The van der Waals surface area contributed by atoms with Crippen molar-refractivity contribution in [2.24, 2.45) is 5.73 Å². The molecule has 0 aliphatic rings. The quantitative estimate of drug-likeness (QED) is 0.491. The Bertz CT molecular complexity index is 1190. The van der Waals surface area contributed by atoms with E-state index in [9.17, 15) is 0 Å². The molecule has 0 bridgehead atoms. The SMILES string of the molecule is C=C/C(=C\C(N)C#N)c1ccc2sc3ccc4ccccc4c3c2c1. The first-order chi connectivity index (χ1) is 12.2. The minimum Gasteiger partial charge on any atom is -0.313 e. The molecule has 120 valence electrons. The van der Waals surface area contributed by atoms with E-state index in [1.54, 1.807) is 23.5 Å². The van der Waals surface area contributed by atoms with Gasteiger partial charge in [0.15, 0.2) is 0 Å². The number of fused-ring (bicyclic) bond motifs is 5. The summed E-state index contributed by atoms with van der Waals surface area (Å²) in [7, 11) is 0. The third-order valence-corrected chi connectivity index (χ3v) is 5.56. The predicted octanol–water partition coefficient (Wildman–Crippen LogP) is 5.63. The van der Waals surface area contributed by atoms with Crippen LogP contribution in [0.1, 0.15) is 5.56 Å². The molecule has 25 heavy (non-hydrogen) atoms. The van der Waals surface area contributed by atoms with Crippen molar-refractivity contribution in [1.82, 2.24) is 0 Å². The minimum atomic E-state index is -0.635. The van der Waals surface area contributed by atoms with E-state index in [2.05, 4.69) is 61.2 Å². The molecule has 3 heteroatoms. The van der Waals surface area contributed by atoms with Crippen LogP contribution < -0.4 is 5.73 Å². The number of nitriles is 1. The zero-order valence-corrected chi connectivity index (χ0v) is 14.4. The summed E-state index contributed by atoms with van der Waals surface area (Å²) in [5.74, 6) is 0. The van der Waals surface area contributed by atoms with Gasteiger partial charge in [0.1, 0.15) is 6.04 Å². The van der Waals surface area contributed by atoms with Gasteiger partial charge in [-0.3, -0.25) is 0 Å². The van der Waals surface area contributed by atoms with E-state index in [0.717, 1.165) is 11.1 Å². The second-order valence-corrected chi connectivity index (χ2v) is 7.04. The Morgan fingerprint density at radius 2 is 1.88 bits per heavy atom. The Labute approximate surface area is 150 Å². The number of nitrogens with zero attached hydrogens (tertiary/aromatic N) is 1. The number of hydrogen-bond donors (Lipinski definition) is 1. The molecule has 0 amide bonds. The van der Waals surface area contributed by atoms with Crippen molar-refractivity contribution in [2.45, 2.75) is 6.04 Å². The number of allylic oxidation sites excluding steroid dienone is 2. The van der Waals surface area contributed by atoms with Crippen LogP contribution in [0.3, 0.4) is 0 Å². The summed E-state index contributed by atoms with van der Waals surface area (Å²) in [5.41, 5.74) is 7.67. The molecule has 1 heterocycles. The largest absolute Gasteiger partial charge is 0.313 e. The fourth-order valence-electron chi connectivity index (χ4n) is 3.24. The highest BCUT2D eigenvalue weighted by molar-refractivity contribution is 7.26. The van der Waals surface area contributed by atoms with Crippen LogP contribution in [0.15, 0.2) is 73.3 Å². The van der Waals surface area contributed by atoms with Gasteiger partial charge in [-0.15, -0.1) is 11.3 Å². The number of hydrogen-bond acceptors (Lipinski definition) is 3. The molecule has 1 atom stereocenters. The van der Waals surface area contributed by atoms with Crippen LogP contribution in [0.5, 0.6) is 0 Å². The Hall–Kier alpha value is -2.93. The normalized spacial score (nSPS) is 13.2. The van der Waals surface area contributed by atoms with Crippen molar-refractivity contribution in [3.05, 3.63) is 78.9 Å². The number of benzene rings is 3. The van der Waals surface area contributed by atoms with Crippen molar-refractivity contribution in [3.8, 4) is 6.07 Å². The van der Waals surface area contributed by atoms with Crippen LogP contribution in [-0.4, -0.2) is 6.04 Å². The fourth-order valence-corrected chi connectivity index (χ4v) is 4.34. The average Bonchev–Trinajstić information content (AvgIpc) is 3.04. The van der Waals surface area contributed by atoms with E-state index < -0.39 is 6.04 Å². The van der Waals surface area contributed by atoms with Crippen LogP contribution in [0, 0.1) is 11.3 Å². The highest BCUT2D eigenvalue weighted by atomic mass is 32.1. The maximum Gasteiger partial charge on any atom is 0.112 e. The summed E-state index contributed by atoms with van der Waals surface area (Å²) in [4.78, 5) is 0. The van der Waals surface area contributed by atoms with Crippen molar-refractivity contribution < 1.29 is 0 Å². The summed E-state index contributed by atoms with van der Waals surface area (Å²) in [6.45, 7) is 3.87. The summed E-state index contributed by atoms with van der Waals surface area (Å²) < 4.78 is 2.53. The first-order valence-corrected chi connectivity index (χ1v) is 8.87. The smallest absolute Gasteiger partial charge is 0.112 e. The summed E-state index contributed by atoms with van der Waals surface area (Å²) in [6, 6.07) is 20.6. The van der Waals surface area contributed by atoms with Gasteiger partial charge in [-0.25, -0.2) is 0 Å². The van der Waals surface area contributed by atoms with E-state index >= 15 is 0 Å². The van der Waals surface area contributed by atoms with E-state index in [0.29, 0.717) is 0 Å². The molecule has 0 radical (unpaired) electrons. The molecular weight excluding hydrogens is 324 g/mol. The highest BCUT2D eigenvalue weighted by Crippen LogP contribution is 2.39. The molecule has 0 saturated heterocycles. The maximum absolute atomic E-state index is 8.97. The van der Waals surface area contributed by atoms with Crippen LogP contribution in [0.4, 0.5) is 0 Å². The lowest BCUT2D eigenvalue weighted by atomic mass is 9.99. The van der Waals surface area contributed by atoms with Gasteiger partial charge in [-0.1, -0.05) is 49.1 Å². The van der Waals surface area contributed by atoms with E-state index in [4.69, 9.17) is 11.0 Å². The first kappa shape index (κ1) is 15.6. The molecule has 4 aromatic rings. The molecule has 1 aromatic heterocycles. The molecule has 4 rings (SSSR count). The Morgan fingerprint density at radius 3 is 2.68 bits per heavy atom. The van der Waals surface area contributed by atoms with Crippen molar-refractivity contribution >= 4 is 47.9 Å². The van der Waals surface area contributed by atoms with Gasteiger partial charge in [0.2, 0.25) is 0 Å². The Morgan fingerprint density at radius 1 is 1.08 bits per heavy atom. The molecule has 2 N–H and O–H groups in total. The van der Waals surface area contributed by atoms with Gasteiger partial charge in [-0.05, 0) is 46.2 Å². The summed E-state index contributed by atoms with van der Waals surface area (Å²) in [6.07, 6.45) is 3.51. The molecule has 0 saturated carbocycles. The summed E-state index contributed by atoms with van der Waals surface area (Å²) in [5, 5.41) is 14.0. The zero-order valence-electron chi connectivity index (χ0n) is 13.6. The lowest BCUT2D eigenvalue weighted by molar-refractivity contribution is 1.04. The van der Waals surface area contributed by atoms with Crippen LogP contribution in [0.2, 0.25) is 0 Å². The topological polar surface area (TPSA) is 49.8 Å². The average molecular weight is 340 g/mol. The van der Waals surface area contributed by atoms with Crippen molar-refractivity contribution in [1.29, 1.82) is 5.26 Å². The van der Waals surface area contributed by atoms with Crippen LogP contribution >= 0.6 is 11.3 Å². The Kier molecular flexibility index (Phi) is 3.85. The first-order valence-electron chi connectivity index (χ1n) is 8.05. The monoisotopic (exact) mass is 340 g/mol. The van der Waals surface area contributed by atoms with Crippen molar-refractivity contribution in [2.75, 3.05) is 0 Å². The van der Waals surface area contributed by atoms with Gasteiger partial charge < -0.3 is 5.73 Å². The third kappa shape index (κ3) is 2.62. The van der Waals surface area contributed by atoms with E-state index in [1.165, 1.54) is 30.9 Å². The molecule has 1 unspecified atom stereocenters. The van der Waals surface area contributed by atoms with Gasteiger partial charge in [-0.2, -0.15) is 5.26 Å². The van der Waals surface area contributed by atoms with Gasteiger partial charge in [0.05, 0.1) is 6.07 Å². The number of thiophene rings is 1. The second-order valence-electron chi connectivity index (χ2n) is 5.95. The van der Waals surface area contributed by atoms with E-state index in [-0.39, 0.29) is 0 Å².